The van der Waals surface area contributed by atoms with Gasteiger partial charge in [-0.05, 0) is 29.3 Å². The molecular weight excluding hydrogens is 329 g/mol. The molecule has 2 N–H and O–H groups in total. The number of anilines is 2. The Morgan fingerprint density at radius 1 is 0.958 bits per heavy atom. The van der Waals surface area contributed by atoms with Crippen LogP contribution in [0.4, 0.5) is 16.2 Å². The van der Waals surface area contributed by atoms with Gasteiger partial charge in [0.25, 0.3) is 0 Å². The molecule has 7 heteroatoms. The Labute approximate surface area is 143 Å². The van der Waals surface area contributed by atoms with E-state index in [9.17, 15) is 4.39 Å². The van der Waals surface area contributed by atoms with Crippen molar-refractivity contribution in [3.8, 4) is 0 Å². The zero-order valence-electron chi connectivity index (χ0n) is 12.7. The maximum absolute atomic E-state index is 12.9. The Morgan fingerprint density at radius 2 is 1.75 bits per heavy atom. The highest BCUT2D eigenvalue weighted by Crippen LogP contribution is 2.16. The summed E-state index contributed by atoms with van der Waals surface area (Å²) < 4.78 is 12.9. The van der Waals surface area contributed by atoms with Gasteiger partial charge in [0.2, 0.25) is 5.95 Å². The second-order valence-electron chi connectivity index (χ2n) is 5.09. The molecule has 2 aromatic carbocycles. The van der Waals surface area contributed by atoms with Gasteiger partial charge in [-0.1, -0.05) is 41.9 Å². The Hall–Kier alpha value is -2.73. The fourth-order valence-electron chi connectivity index (χ4n) is 2.07. The summed E-state index contributed by atoms with van der Waals surface area (Å²) in [5, 5.41) is 14.8. The molecule has 122 valence electrons. The molecule has 0 atom stereocenters. The molecule has 3 aromatic rings. The lowest BCUT2D eigenvalue weighted by Crippen LogP contribution is -2.08. The minimum absolute atomic E-state index is 0.256. The van der Waals surface area contributed by atoms with Crippen LogP contribution >= 0.6 is 11.6 Å². The van der Waals surface area contributed by atoms with Crippen molar-refractivity contribution in [2.24, 2.45) is 0 Å². The average Bonchev–Trinajstić information content (AvgIpc) is 2.61. The summed E-state index contributed by atoms with van der Waals surface area (Å²) in [7, 11) is 0. The first-order valence-electron chi connectivity index (χ1n) is 7.36. The third-order valence-corrected chi connectivity index (χ3v) is 3.71. The van der Waals surface area contributed by atoms with E-state index in [2.05, 4.69) is 25.8 Å². The van der Waals surface area contributed by atoms with E-state index in [0.29, 0.717) is 29.9 Å². The van der Waals surface area contributed by atoms with Gasteiger partial charge >= 0.3 is 0 Å². The highest BCUT2D eigenvalue weighted by Gasteiger charge is 2.03. The molecular formula is C17H15ClFN5. The molecule has 1 heterocycles. The zero-order chi connectivity index (χ0) is 16.8. The standard InChI is InChI=1S/C17H15ClFN5/c18-15-4-2-1-3-13(15)10-21-17-23-16(11-22-24-17)20-9-12-5-7-14(19)8-6-12/h1-8,11H,9-10H2,(H2,20,21,23,24). The monoisotopic (exact) mass is 343 g/mol. The lowest BCUT2D eigenvalue weighted by Gasteiger charge is -2.08. The molecule has 24 heavy (non-hydrogen) atoms. The normalized spacial score (nSPS) is 10.4. The molecule has 3 rings (SSSR count). The number of benzene rings is 2. The first-order chi connectivity index (χ1) is 11.7. The number of halogens is 2. The van der Waals surface area contributed by atoms with Crippen LogP contribution in [-0.4, -0.2) is 15.2 Å². The minimum atomic E-state index is -0.256. The first-order valence-corrected chi connectivity index (χ1v) is 7.74. The molecule has 0 saturated carbocycles. The summed E-state index contributed by atoms with van der Waals surface area (Å²) in [4.78, 5) is 4.34. The molecule has 0 saturated heterocycles. The van der Waals surface area contributed by atoms with E-state index in [1.807, 2.05) is 24.3 Å². The van der Waals surface area contributed by atoms with Crippen LogP contribution in [0.15, 0.2) is 54.7 Å². The van der Waals surface area contributed by atoms with Crippen LogP contribution in [0.2, 0.25) is 5.02 Å². The molecule has 0 aliphatic heterocycles. The Balaban J connectivity index is 1.59. The van der Waals surface area contributed by atoms with Crippen molar-refractivity contribution in [1.29, 1.82) is 0 Å². The highest BCUT2D eigenvalue weighted by molar-refractivity contribution is 6.31. The van der Waals surface area contributed by atoms with Gasteiger partial charge in [0, 0.05) is 18.1 Å². The number of nitrogens with zero attached hydrogens (tertiary/aromatic N) is 3. The summed E-state index contributed by atoms with van der Waals surface area (Å²) in [6, 6.07) is 13.8. The third-order valence-electron chi connectivity index (χ3n) is 3.34. The van der Waals surface area contributed by atoms with Crippen LogP contribution in [0.1, 0.15) is 11.1 Å². The lowest BCUT2D eigenvalue weighted by molar-refractivity contribution is 0.627. The molecule has 0 unspecified atom stereocenters. The fraction of sp³-hybridized carbons (Fsp3) is 0.118. The highest BCUT2D eigenvalue weighted by atomic mass is 35.5. The number of hydrogen-bond acceptors (Lipinski definition) is 5. The van der Waals surface area contributed by atoms with Gasteiger partial charge in [0.05, 0.1) is 6.20 Å². The van der Waals surface area contributed by atoms with Gasteiger partial charge in [-0.25, -0.2) is 4.39 Å². The maximum atomic E-state index is 12.9. The number of aromatic nitrogens is 3. The second-order valence-corrected chi connectivity index (χ2v) is 5.50. The fourth-order valence-corrected chi connectivity index (χ4v) is 2.28. The van der Waals surface area contributed by atoms with E-state index in [1.165, 1.54) is 18.3 Å². The molecule has 0 bridgehead atoms. The van der Waals surface area contributed by atoms with E-state index in [4.69, 9.17) is 11.6 Å². The van der Waals surface area contributed by atoms with E-state index < -0.39 is 0 Å². The van der Waals surface area contributed by atoms with Crippen LogP contribution in [-0.2, 0) is 13.1 Å². The van der Waals surface area contributed by atoms with Gasteiger partial charge in [-0.2, -0.15) is 10.1 Å². The summed E-state index contributed by atoms with van der Waals surface area (Å²) in [6.45, 7) is 1.02. The molecule has 0 aliphatic carbocycles. The van der Waals surface area contributed by atoms with Crippen molar-refractivity contribution >= 4 is 23.4 Å². The Kier molecular flexibility index (Phi) is 5.18. The molecule has 1 aromatic heterocycles. The number of hydrogen-bond donors (Lipinski definition) is 2. The molecule has 0 amide bonds. The summed E-state index contributed by atoms with van der Waals surface area (Å²) in [5.41, 5.74) is 1.90. The largest absolute Gasteiger partial charge is 0.365 e. The van der Waals surface area contributed by atoms with E-state index in [-0.39, 0.29) is 5.82 Å². The zero-order valence-corrected chi connectivity index (χ0v) is 13.5. The Bertz CT molecular complexity index is 810. The lowest BCUT2D eigenvalue weighted by atomic mass is 10.2. The summed E-state index contributed by atoms with van der Waals surface area (Å²) in [5.74, 6) is 0.725. The van der Waals surface area contributed by atoms with E-state index in [1.54, 1.807) is 12.1 Å². The van der Waals surface area contributed by atoms with Gasteiger partial charge in [-0.3, -0.25) is 0 Å². The van der Waals surface area contributed by atoms with Crippen molar-refractivity contribution in [1.82, 2.24) is 15.2 Å². The summed E-state index contributed by atoms with van der Waals surface area (Å²) in [6.07, 6.45) is 1.53. The molecule has 0 fully saturated rings. The van der Waals surface area contributed by atoms with E-state index >= 15 is 0 Å². The topological polar surface area (TPSA) is 62.7 Å². The quantitative estimate of drug-likeness (QED) is 0.711. The predicted octanol–water partition coefficient (Wildman–Crippen LogP) is 3.89. The molecule has 0 aliphatic rings. The van der Waals surface area contributed by atoms with Crippen LogP contribution in [0, 0.1) is 5.82 Å². The van der Waals surface area contributed by atoms with Crippen LogP contribution in [0.3, 0.4) is 0 Å². The third kappa shape index (κ3) is 4.39. The minimum Gasteiger partial charge on any atom is -0.365 e. The van der Waals surface area contributed by atoms with Crippen molar-refractivity contribution < 1.29 is 4.39 Å². The maximum Gasteiger partial charge on any atom is 0.244 e. The predicted molar refractivity (Wildman–Crippen MR) is 92.3 cm³/mol. The van der Waals surface area contributed by atoms with Gasteiger partial charge in [0.1, 0.15) is 5.82 Å². The van der Waals surface area contributed by atoms with Gasteiger partial charge in [-0.15, -0.1) is 5.10 Å². The van der Waals surface area contributed by atoms with Crippen LogP contribution in [0.5, 0.6) is 0 Å². The average molecular weight is 344 g/mol. The molecule has 0 spiro atoms. The summed E-state index contributed by atoms with van der Waals surface area (Å²) >= 11 is 6.11. The smallest absolute Gasteiger partial charge is 0.244 e. The van der Waals surface area contributed by atoms with Crippen LogP contribution < -0.4 is 10.6 Å². The number of rotatable bonds is 6. The SMILES string of the molecule is Fc1ccc(CNc2cnnc(NCc3ccccc3Cl)n2)cc1. The van der Waals surface area contributed by atoms with Gasteiger partial charge in [0.15, 0.2) is 5.82 Å². The molecule has 5 nitrogen and oxygen atoms in total. The number of nitrogens with one attached hydrogen (secondary N) is 2. The first kappa shape index (κ1) is 16.1. The van der Waals surface area contributed by atoms with Crippen LogP contribution in [0.25, 0.3) is 0 Å². The van der Waals surface area contributed by atoms with Crippen molar-refractivity contribution in [3.63, 3.8) is 0 Å². The van der Waals surface area contributed by atoms with Crippen molar-refractivity contribution in [2.75, 3.05) is 10.6 Å². The Morgan fingerprint density at radius 3 is 2.54 bits per heavy atom. The van der Waals surface area contributed by atoms with Crippen molar-refractivity contribution in [2.45, 2.75) is 13.1 Å². The van der Waals surface area contributed by atoms with Gasteiger partial charge < -0.3 is 10.6 Å². The molecule has 0 radical (unpaired) electrons. The van der Waals surface area contributed by atoms with E-state index in [0.717, 1.165) is 11.1 Å². The van der Waals surface area contributed by atoms with Crippen molar-refractivity contribution in [3.05, 3.63) is 76.7 Å². The second kappa shape index (κ2) is 7.70.